The molecule has 0 spiro atoms. The summed E-state index contributed by atoms with van der Waals surface area (Å²) in [6, 6.07) is 1.48. The Morgan fingerprint density at radius 1 is 1.35 bits per heavy atom. The summed E-state index contributed by atoms with van der Waals surface area (Å²) in [5.41, 5.74) is 1.78. The molecule has 2 rings (SSSR count). The van der Waals surface area contributed by atoms with Crippen molar-refractivity contribution in [2.75, 3.05) is 5.43 Å². The Kier molecular flexibility index (Phi) is 3.64. The first kappa shape index (κ1) is 13.9. The lowest BCUT2D eigenvalue weighted by Crippen LogP contribution is -2.22. The van der Waals surface area contributed by atoms with Crippen molar-refractivity contribution in [3.05, 3.63) is 52.9 Å². The molecule has 0 radical (unpaired) electrons. The number of aromatic carboxylic acids is 1. The quantitative estimate of drug-likeness (QED) is 0.844. The Labute approximate surface area is 111 Å². The van der Waals surface area contributed by atoms with Crippen molar-refractivity contribution in [2.24, 2.45) is 0 Å². The van der Waals surface area contributed by atoms with E-state index in [9.17, 15) is 18.0 Å². The van der Waals surface area contributed by atoms with Crippen LogP contribution in [0, 0.1) is 24.4 Å². The van der Waals surface area contributed by atoms with Crippen molar-refractivity contribution < 1.29 is 23.1 Å². The van der Waals surface area contributed by atoms with E-state index in [2.05, 4.69) is 10.4 Å². The number of nitrogens with zero attached hydrogens (tertiary/aromatic N) is 2. The van der Waals surface area contributed by atoms with Gasteiger partial charge in [0.2, 0.25) is 0 Å². The third-order valence-electron chi connectivity index (χ3n) is 2.71. The topological polar surface area (TPSA) is 67.1 Å². The van der Waals surface area contributed by atoms with Crippen LogP contribution in [0.25, 0.3) is 0 Å². The van der Waals surface area contributed by atoms with Crippen molar-refractivity contribution in [1.29, 1.82) is 0 Å². The third-order valence-corrected chi connectivity index (χ3v) is 2.71. The van der Waals surface area contributed by atoms with Crippen LogP contribution in [0.5, 0.6) is 0 Å². The number of rotatable bonds is 4. The Bertz CT molecular complexity index is 670. The standard InChI is InChI=1S/C12H10F3N3O2/c1-6-16-5-10(12(19)20)18(6)17-4-7-8(13)2-3-9(14)11(7)15/h2-3,5,17H,4H2,1H3,(H,19,20). The fourth-order valence-electron chi connectivity index (χ4n) is 1.68. The van der Waals surface area contributed by atoms with Crippen LogP contribution in [0.15, 0.2) is 18.3 Å². The van der Waals surface area contributed by atoms with Crippen LogP contribution < -0.4 is 5.43 Å². The lowest BCUT2D eigenvalue weighted by molar-refractivity contribution is 0.0686. The van der Waals surface area contributed by atoms with Crippen LogP contribution in [-0.4, -0.2) is 20.7 Å². The van der Waals surface area contributed by atoms with Crippen molar-refractivity contribution >= 4 is 5.97 Å². The maximum atomic E-state index is 13.5. The summed E-state index contributed by atoms with van der Waals surface area (Å²) < 4.78 is 41.0. The summed E-state index contributed by atoms with van der Waals surface area (Å²) in [6.45, 7) is 1.09. The average Bonchev–Trinajstić information content (AvgIpc) is 2.76. The molecule has 0 aliphatic carbocycles. The smallest absolute Gasteiger partial charge is 0.356 e. The van der Waals surface area contributed by atoms with Crippen molar-refractivity contribution in [2.45, 2.75) is 13.5 Å². The summed E-state index contributed by atoms with van der Waals surface area (Å²) in [6.07, 6.45) is 1.10. The summed E-state index contributed by atoms with van der Waals surface area (Å²) in [7, 11) is 0. The number of carboxylic acid groups (broad SMARTS) is 1. The van der Waals surface area contributed by atoms with E-state index in [1.54, 1.807) is 0 Å². The molecule has 1 heterocycles. The van der Waals surface area contributed by atoms with E-state index >= 15 is 0 Å². The Balaban J connectivity index is 2.28. The molecule has 0 atom stereocenters. The lowest BCUT2D eigenvalue weighted by atomic mass is 10.2. The minimum absolute atomic E-state index is 0.195. The van der Waals surface area contributed by atoms with Gasteiger partial charge in [-0.25, -0.2) is 27.6 Å². The maximum Gasteiger partial charge on any atom is 0.356 e. The number of imidazole rings is 1. The minimum atomic E-state index is -1.31. The summed E-state index contributed by atoms with van der Waals surface area (Å²) >= 11 is 0. The van der Waals surface area contributed by atoms with E-state index < -0.39 is 35.5 Å². The number of nitrogens with one attached hydrogen (secondary N) is 1. The molecule has 0 saturated heterocycles. The van der Waals surface area contributed by atoms with Crippen LogP contribution in [0.1, 0.15) is 21.9 Å². The third kappa shape index (κ3) is 2.44. The Hall–Kier alpha value is -2.51. The molecule has 0 aliphatic heterocycles. The number of benzene rings is 1. The zero-order valence-corrected chi connectivity index (χ0v) is 10.3. The summed E-state index contributed by atoms with van der Waals surface area (Å²) in [4.78, 5) is 14.7. The SMILES string of the molecule is Cc1ncc(C(=O)O)n1NCc1c(F)ccc(F)c1F. The highest BCUT2D eigenvalue weighted by Gasteiger charge is 2.16. The molecule has 20 heavy (non-hydrogen) atoms. The van der Waals surface area contributed by atoms with Gasteiger partial charge in [0.05, 0.1) is 12.7 Å². The fourth-order valence-corrected chi connectivity index (χ4v) is 1.68. The van der Waals surface area contributed by atoms with Gasteiger partial charge in [0.25, 0.3) is 0 Å². The molecular formula is C12H10F3N3O2. The van der Waals surface area contributed by atoms with E-state index in [0.29, 0.717) is 11.9 Å². The van der Waals surface area contributed by atoms with Gasteiger partial charge in [0, 0.05) is 5.56 Å². The first-order valence-corrected chi connectivity index (χ1v) is 5.55. The van der Waals surface area contributed by atoms with Gasteiger partial charge in [-0.3, -0.25) is 0 Å². The maximum absolute atomic E-state index is 13.5. The Morgan fingerprint density at radius 2 is 2.00 bits per heavy atom. The van der Waals surface area contributed by atoms with Crippen LogP contribution >= 0.6 is 0 Å². The van der Waals surface area contributed by atoms with Crippen LogP contribution in [0.4, 0.5) is 13.2 Å². The van der Waals surface area contributed by atoms with Gasteiger partial charge in [-0.15, -0.1) is 0 Å². The number of halogens is 3. The molecule has 0 saturated carbocycles. The Morgan fingerprint density at radius 3 is 2.65 bits per heavy atom. The van der Waals surface area contributed by atoms with Gasteiger partial charge in [-0.1, -0.05) is 0 Å². The molecule has 2 aromatic rings. The largest absolute Gasteiger partial charge is 0.476 e. The monoisotopic (exact) mass is 285 g/mol. The second kappa shape index (κ2) is 5.24. The van der Waals surface area contributed by atoms with Crippen LogP contribution in [0.3, 0.4) is 0 Å². The van der Waals surface area contributed by atoms with E-state index in [1.807, 2.05) is 0 Å². The van der Waals surface area contributed by atoms with Crippen LogP contribution in [-0.2, 0) is 6.54 Å². The molecule has 0 unspecified atom stereocenters. The number of hydrogen-bond donors (Lipinski definition) is 2. The van der Waals surface area contributed by atoms with Gasteiger partial charge in [-0.05, 0) is 19.1 Å². The number of aromatic nitrogens is 2. The lowest BCUT2D eigenvalue weighted by Gasteiger charge is -2.12. The van der Waals surface area contributed by atoms with Gasteiger partial charge in [-0.2, -0.15) is 0 Å². The normalized spacial score (nSPS) is 10.6. The first-order chi connectivity index (χ1) is 9.41. The number of aryl methyl sites for hydroxylation is 1. The highest BCUT2D eigenvalue weighted by atomic mass is 19.2. The molecular weight excluding hydrogens is 275 g/mol. The predicted molar refractivity (Wildman–Crippen MR) is 63.3 cm³/mol. The second-order valence-corrected chi connectivity index (χ2v) is 3.99. The minimum Gasteiger partial charge on any atom is -0.476 e. The van der Waals surface area contributed by atoms with E-state index in [1.165, 1.54) is 6.92 Å². The molecule has 8 heteroatoms. The first-order valence-electron chi connectivity index (χ1n) is 5.55. The highest BCUT2D eigenvalue weighted by Crippen LogP contribution is 2.16. The zero-order chi connectivity index (χ0) is 14.9. The summed E-state index contributed by atoms with van der Waals surface area (Å²) in [5.74, 6) is -4.37. The molecule has 0 bridgehead atoms. The van der Waals surface area contributed by atoms with Crippen molar-refractivity contribution in [1.82, 2.24) is 9.66 Å². The van der Waals surface area contributed by atoms with E-state index in [0.717, 1.165) is 16.9 Å². The fraction of sp³-hybridized carbons (Fsp3) is 0.167. The number of hydrogen-bond acceptors (Lipinski definition) is 3. The molecule has 0 aliphatic rings. The van der Waals surface area contributed by atoms with E-state index in [-0.39, 0.29) is 5.69 Å². The van der Waals surface area contributed by atoms with Gasteiger partial charge < -0.3 is 10.5 Å². The molecule has 5 nitrogen and oxygen atoms in total. The van der Waals surface area contributed by atoms with Gasteiger partial charge in [0.15, 0.2) is 17.3 Å². The zero-order valence-electron chi connectivity index (χ0n) is 10.3. The van der Waals surface area contributed by atoms with Gasteiger partial charge in [0.1, 0.15) is 11.6 Å². The molecule has 0 fully saturated rings. The van der Waals surface area contributed by atoms with Crippen molar-refractivity contribution in [3.8, 4) is 0 Å². The van der Waals surface area contributed by atoms with Crippen LogP contribution in [0.2, 0.25) is 0 Å². The number of carboxylic acids is 1. The molecule has 1 aromatic carbocycles. The second-order valence-electron chi connectivity index (χ2n) is 3.99. The predicted octanol–water partition coefficient (Wildman–Crippen LogP) is 2.05. The molecule has 106 valence electrons. The van der Waals surface area contributed by atoms with Crippen molar-refractivity contribution in [3.63, 3.8) is 0 Å². The number of carbonyl (C=O) groups is 1. The molecule has 2 N–H and O–H groups in total. The molecule has 1 aromatic heterocycles. The average molecular weight is 285 g/mol. The van der Waals surface area contributed by atoms with Gasteiger partial charge >= 0.3 is 5.97 Å². The van der Waals surface area contributed by atoms with E-state index in [4.69, 9.17) is 5.11 Å². The highest BCUT2D eigenvalue weighted by molar-refractivity contribution is 5.85. The molecule has 0 amide bonds. The summed E-state index contributed by atoms with van der Waals surface area (Å²) in [5, 5.41) is 8.92.